The third-order valence-corrected chi connectivity index (χ3v) is 4.11. The van der Waals surface area contributed by atoms with Crippen LogP contribution in [0.3, 0.4) is 0 Å². The Balaban J connectivity index is 2.26. The lowest BCUT2D eigenvalue weighted by molar-refractivity contribution is 1.77. The van der Waals surface area contributed by atoms with Gasteiger partial charge in [-0.25, -0.2) is 0 Å². The lowest BCUT2D eigenvalue weighted by atomic mass is 10.1. The van der Waals surface area contributed by atoms with Gasteiger partial charge in [0, 0.05) is 15.3 Å². The Morgan fingerprint density at radius 1 is 0.889 bits per heavy atom. The van der Waals surface area contributed by atoms with Crippen molar-refractivity contribution >= 4 is 28.2 Å². The predicted octanol–water partition coefficient (Wildman–Crippen LogP) is 5.54. The zero-order chi connectivity index (χ0) is 12.6. The van der Waals surface area contributed by atoms with Crippen molar-refractivity contribution in [2.24, 2.45) is 0 Å². The maximum atomic E-state index is 3.64. The molecule has 0 spiro atoms. The number of rotatable bonds is 5. The Morgan fingerprint density at radius 3 is 2.00 bits per heavy atom. The Morgan fingerprint density at radius 2 is 1.50 bits per heavy atom. The van der Waals surface area contributed by atoms with Crippen molar-refractivity contribution in [1.82, 2.24) is 0 Å². The minimum Gasteiger partial charge on any atom is -0.144 e. The molecule has 90 valence electrons. The van der Waals surface area contributed by atoms with Gasteiger partial charge in [-0.15, -0.1) is 22.7 Å². The second kappa shape index (κ2) is 6.94. The Hall–Kier alpha value is -1.64. The van der Waals surface area contributed by atoms with Crippen LogP contribution in [-0.4, -0.2) is 0 Å². The van der Waals surface area contributed by atoms with E-state index in [2.05, 4.69) is 53.8 Å². The van der Waals surface area contributed by atoms with Crippen LogP contribution in [0.5, 0.6) is 0 Å². The predicted molar refractivity (Wildman–Crippen MR) is 84.2 cm³/mol. The molecule has 0 aliphatic rings. The van der Waals surface area contributed by atoms with E-state index in [9.17, 15) is 0 Å². The van der Waals surface area contributed by atoms with E-state index in [0.29, 0.717) is 0 Å². The van der Waals surface area contributed by atoms with Gasteiger partial charge in [-0.1, -0.05) is 55.2 Å². The summed E-state index contributed by atoms with van der Waals surface area (Å²) in [5, 5.41) is 4.22. The summed E-state index contributed by atoms with van der Waals surface area (Å²) in [4.78, 5) is 2.60. The zero-order valence-corrected chi connectivity index (χ0v) is 11.6. The molecule has 0 aliphatic carbocycles. The van der Waals surface area contributed by atoms with Gasteiger partial charge in [0.05, 0.1) is 0 Å². The number of hydrogen-bond donors (Lipinski definition) is 0. The van der Waals surface area contributed by atoms with Crippen molar-refractivity contribution in [2.45, 2.75) is 0 Å². The summed E-state index contributed by atoms with van der Waals surface area (Å²) in [5.74, 6) is 0. The van der Waals surface area contributed by atoms with E-state index in [1.807, 2.05) is 18.2 Å². The van der Waals surface area contributed by atoms with Gasteiger partial charge >= 0.3 is 0 Å². The molecular formula is C16H14S2. The highest BCUT2D eigenvalue weighted by atomic mass is 32.1. The second-order valence-electron chi connectivity index (χ2n) is 3.54. The van der Waals surface area contributed by atoms with Crippen LogP contribution >= 0.6 is 22.7 Å². The lowest BCUT2D eigenvalue weighted by Gasteiger charge is -2.00. The van der Waals surface area contributed by atoms with Gasteiger partial charge in [0.25, 0.3) is 0 Å². The molecule has 0 saturated heterocycles. The molecule has 0 N–H and O–H groups in total. The minimum absolute atomic E-state index is 1.28. The zero-order valence-electron chi connectivity index (χ0n) is 9.95. The molecule has 0 fully saturated rings. The van der Waals surface area contributed by atoms with Crippen molar-refractivity contribution in [3.8, 4) is 0 Å². The molecule has 2 rings (SSSR count). The first-order valence-corrected chi connectivity index (χ1v) is 7.41. The van der Waals surface area contributed by atoms with Gasteiger partial charge in [0.15, 0.2) is 0 Å². The van der Waals surface area contributed by atoms with Crippen LogP contribution in [0.1, 0.15) is 9.75 Å². The van der Waals surface area contributed by atoms with E-state index in [-0.39, 0.29) is 0 Å². The molecule has 0 bridgehead atoms. The monoisotopic (exact) mass is 270 g/mol. The van der Waals surface area contributed by atoms with Gasteiger partial charge < -0.3 is 0 Å². The molecule has 0 amide bonds. The lowest BCUT2D eigenvalue weighted by Crippen LogP contribution is -1.78. The fourth-order valence-electron chi connectivity index (χ4n) is 1.51. The largest absolute Gasteiger partial charge is 0.144 e. The molecule has 0 unspecified atom stereocenters. The molecule has 0 nitrogen and oxygen atoms in total. The summed E-state index contributed by atoms with van der Waals surface area (Å²) in [5.41, 5.74) is 1.28. The van der Waals surface area contributed by atoms with Crippen LogP contribution in [0, 0.1) is 0 Å². The average Bonchev–Trinajstić information content (AvgIpc) is 3.06. The number of hydrogen-bond acceptors (Lipinski definition) is 2. The second-order valence-corrected chi connectivity index (χ2v) is 5.44. The Kier molecular flexibility index (Phi) is 4.94. The molecule has 2 aromatic heterocycles. The molecule has 0 saturated carbocycles. The highest BCUT2D eigenvalue weighted by Gasteiger charge is 2.05. The topological polar surface area (TPSA) is 0 Å². The Labute approximate surface area is 116 Å². The molecule has 0 radical (unpaired) electrons. The molecule has 0 aliphatic heterocycles. The first-order valence-electron chi connectivity index (χ1n) is 5.65. The summed E-state index contributed by atoms with van der Waals surface area (Å²) < 4.78 is 0. The van der Waals surface area contributed by atoms with Gasteiger partial charge in [0.2, 0.25) is 0 Å². The van der Waals surface area contributed by atoms with Crippen molar-refractivity contribution in [2.75, 3.05) is 0 Å². The van der Waals surface area contributed by atoms with E-state index in [4.69, 9.17) is 0 Å². The fraction of sp³-hybridized carbons (Fsp3) is 0. The van der Waals surface area contributed by atoms with Crippen LogP contribution < -0.4 is 0 Å². The molecule has 2 heterocycles. The fourth-order valence-corrected chi connectivity index (χ4v) is 3.10. The standard InChI is InChI=1S/C16H14S2/c1-2-3-4-5-6-9-14(15-10-7-12-17-15)16-11-8-13-18-16/h2-13H,1H2. The van der Waals surface area contributed by atoms with E-state index in [1.165, 1.54) is 15.3 Å². The number of allylic oxidation sites excluding steroid dienone is 6. The maximum Gasteiger partial charge on any atom is 0.0356 e. The third-order valence-electron chi connectivity index (χ3n) is 2.31. The van der Waals surface area contributed by atoms with Crippen molar-refractivity contribution in [1.29, 1.82) is 0 Å². The molecule has 18 heavy (non-hydrogen) atoms. The smallest absolute Gasteiger partial charge is 0.0356 e. The van der Waals surface area contributed by atoms with E-state index < -0.39 is 0 Å². The summed E-state index contributed by atoms with van der Waals surface area (Å²) >= 11 is 3.54. The summed E-state index contributed by atoms with van der Waals surface area (Å²) in [7, 11) is 0. The number of thiophene rings is 2. The first-order chi connectivity index (χ1) is 8.92. The minimum atomic E-state index is 1.28. The Bertz CT molecular complexity index is 516. The van der Waals surface area contributed by atoms with Crippen LogP contribution in [0.4, 0.5) is 0 Å². The van der Waals surface area contributed by atoms with E-state index in [0.717, 1.165) is 0 Å². The maximum absolute atomic E-state index is 3.64. The summed E-state index contributed by atoms with van der Waals surface area (Å²) in [6, 6.07) is 8.48. The normalized spacial score (nSPS) is 11.1. The first kappa shape index (κ1) is 12.8. The molecule has 0 atom stereocenters. The third kappa shape index (κ3) is 3.42. The van der Waals surface area contributed by atoms with Gasteiger partial charge in [-0.3, -0.25) is 0 Å². The van der Waals surface area contributed by atoms with Crippen LogP contribution in [0.25, 0.3) is 5.57 Å². The molecule has 2 aromatic rings. The van der Waals surface area contributed by atoms with E-state index in [1.54, 1.807) is 28.7 Å². The summed E-state index contributed by atoms with van der Waals surface area (Å²) in [6.45, 7) is 3.64. The van der Waals surface area contributed by atoms with E-state index >= 15 is 0 Å². The van der Waals surface area contributed by atoms with Gasteiger partial charge in [-0.05, 0) is 22.9 Å². The molecule has 2 heteroatoms. The quantitative estimate of drug-likeness (QED) is 0.626. The molecule has 0 aromatic carbocycles. The van der Waals surface area contributed by atoms with Crippen molar-refractivity contribution < 1.29 is 0 Å². The summed E-state index contributed by atoms with van der Waals surface area (Å²) in [6.07, 6.45) is 11.9. The van der Waals surface area contributed by atoms with Gasteiger partial charge in [-0.2, -0.15) is 0 Å². The van der Waals surface area contributed by atoms with Crippen molar-refractivity contribution in [3.63, 3.8) is 0 Å². The van der Waals surface area contributed by atoms with Crippen LogP contribution in [0.15, 0.2) is 78.1 Å². The van der Waals surface area contributed by atoms with Gasteiger partial charge in [0.1, 0.15) is 0 Å². The molecular weight excluding hydrogens is 256 g/mol. The van der Waals surface area contributed by atoms with Crippen LogP contribution in [0.2, 0.25) is 0 Å². The highest BCUT2D eigenvalue weighted by Crippen LogP contribution is 2.30. The van der Waals surface area contributed by atoms with Crippen LogP contribution in [-0.2, 0) is 0 Å². The van der Waals surface area contributed by atoms with Crippen molar-refractivity contribution in [3.05, 3.63) is 87.8 Å². The SMILES string of the molecule is C=CC=CC=CC=C(c1cccs1)c1cccs1. The average molecular weight is 270 g/mol. The highest BCUT2D eigenvalue weighted by molar-refractivity contribution is 7.13.